The smallest absolute Gasteiger partial charge is 0.338 e. The lowest BCUT2D eigenvalue weighted by Gasteiger charge is -2.21. The van der Waals surface area contributed by atoms with Crippen LogP contribution in [0.15, 0.2) is 23.1 Å². The minimum Gasteiger partial charge on any atom is -0.462 e. The molecule has 0 aromatic heterocycles. The molecular formula is C13H16ClNO5S. The Morgan fingerprint density at radius 1 is 1.33 bits per heavy atom. The third-order valence-corrected chi connectivity index (χ3v) is 4.34. The molecule has 6 nitrogen and oxygen atoms in total. The van der Waals surface area contributed by atoms with Crippen molar-refractivity contribution >= 4 is 27.6 Å². The Hall–Kier alpha value is -1.15. The van der Waals surface area contributed by atoms with Gasteiger partial charge in [0.2, 0.25) is 10.0 Å². The topological polar surface area (TPSA) is 95.7 Å². The maximum atomic E-state index is 12.0. The maximum absolute atomic E-state index is 12.0. The van der Waals surface area contributed by atoms with Gasteiger partial charge in [-0.1, -0.05) is 11.6 Å². The fraction of sp³-hybridized carbons (Fsp3) is 0.462. The highest BCUT2D eigenvalue weighted by Gasteiger charge is 2.18. The van der Waals surface area contributed by atoms with Crippen molar-refractivity contribution in [3.05, 3.63) is 28.8 Å². The molecule has 1 aliphatic rings. The first kappa shape index (κ1) is 16.2. The predicted octanol–water partition coefficient (Wildman–Crippen LogP) is 1.57. The minimum absolute atomic E-state index is 0.0681. The molecule has 0 saturated carbocycles. The Morgan fingerprint density at radius 3 is 2.62 bits per heavy atom. The first-order chi connectivity index (χ1) is 9.86. The number of hydrogen-bond donors (Lipinski definition) is 1. The van der Waals surface area contributed by atoms with Crippen molar-refractivity contribution in [1.29, 1.82) is 0 Å². The van der Waals surface area contributed by atoms with Crippen molar-refractivity contribution in [2.75, 3.05) is 19.8 Å². The van der Waals surface area contributed by atoms with Crippen molar-refractivity contribution in [3.8, 4) is 0 Å². The van der Waals surface area contributed by atoms with Crippen molar-refractivity contribution in [2.45, 2.75) is 17.7 Å². The number of carbonyl (C=O) groups is 1. The monoisotopic (exact) mass is 333 g/mol. The van der Waals surface area contributed by atoms with E-state index >= 15 is 0 Å². The van der Waals surface area contributed by atoms with Crippen LogP contribution < -0.4 is 5.14 Å². The molecular weight excluding hydrogens is 318 g/mol. The van der Waals surface area contributed by atoms with E-state index in [0.29, 0.717) is 13.2 Å². The van der Waals surface area contributed by atoms with Gasteiger partial charge in [0.15, 0.2) is 0 Å². The lowest BCUT2D eigenvalue weighted by Crippen LogP contribution is -2.22. The fourth-order valence-electron chi connectivity index (χ4n) is 2.03. The normalized spacial score (nSPS) is 16.7. The van der Waals surface area contributed by atoms with E-state index in [1.165, 1.54) is 12.1 Å². The Balaban J connectivity index is 2.06. The Bertz CT molecular complexity index is 625. The molecule has 0 radical (unpaired) electrons. The average molecular weight is 334 g/mol. The molecule has 1 aromatic carbocycles. The van der Waals surface area contributed by atoms with Gasteiger partial charge in [-0.3, -0.25) is 0 Å². The van der Waals surface area contributed by atoms with Gasteiger partial charge in [-0.2, -0.15) is 0 Å². The van der Waals surface area contributed by atoms with Gasteiger partial charge in [-0.05, 0) is 37.0 Å². The van der Waals surface area contributed by atoms with E-state index in [-0.39, 0.29) is 28.0 Å². The average Bonchev–Trinajstić information content (AvgIpc) is 2.44. The molecule has 2 rings (SSSR count). The molecule has 1 saturated heterocycles. The van der Waals surface area contributed by atoms with Crippen LogP contribution >= 0.6 is 11.6 Å². The summed E-state index contributed by atoms with van der Waals surface area (Å²) in [6.45, 7) is 1.60. The molecule has 0 bridgehead atoms. The number of primary sulfonamides is 1. The van der Waals surface area contributed by atoms with Crippen LogP contribution in [-0.2, 0) is 19.5 Å². The zero-order valence-electron chi connectivity index (χ0n) is 11.2. The Labute approximate surface area is 128 Å². The Morgan fingerprint density at radius 2 is 2.00 bits per heavy atom. The van der Waals surface area contributed by atoms with Crippen molar-refractivity contribution < 1.29 is 22.7 Å². The van der Waals surface area contributed by atoms with Crippen LogP contribution in [-0.4, -0.2) is 34.2 Å². The first-order valence-corrected chi connectivity index (χ1v) is 8.37. The number of sulfonamides is 1. The summed E-state index contributed by atoms with van der Waals surface area (Å²) in [5, 5.41) is 5.14. The zero-order valence-corrected chi connectivity index (χ0v) is 12.8. The second-order valence-electron chi connectivity index (χ2n) is 4.87. The standard InChI is InChI=1S/C13H16ClNO5S/c14-11-5-10(6-12(7-11)21(15,17)18)13(16)20-8-9-1-3-19-4-2-9/h5-7,9H,1-4,8H2,(H2,15,17,18). The molecule has 116 valence electrons. The summed E-state index contributed by atoms with van der Waals surface area (Å²) in [5.41, 5.74) is 0.0681. The molecule has 8 heteroatoms. The number of nitrogens with two attached hydrogens (primary N) is 1. The summed E-state index contributed by atoms with van der Waals surface area (Å²) >= 11 is 5.80. The van der Waals surface area contributed by atoms with Gasteiger partial charge in [0.05, 0.1) is 17.1 Å². The lowest BCUT2D eigenvalue weighted by molar-refractivity contribution is 0.0185. The third-order valence-electron chi connectivity index (χ3n) is 3.23. The van der Waals surface area contributed by atoms with E-state index in [1.807, 2.05) is 0 Å². The summed E-state index contributed by atoms with van der Waals surface area (Å²) in [7, 11) is -3.93. The van der Waals surface area contributed by atoms with Gasteiger partial charge in [-0.15, -0.1) is 0 Å². The molecule has 1 fully saturated rings. The first-order valence-electron chi connectivity index (χ1n) is 6.44. The number of esters is 1. The van der Waals surface area contributed by atoms with Crippen molar-refractivity contribution in [3.63, 3.8) is 0 Å². The molecule has 1 aliphatic heterocycles. The van der Waals surface area contributed by atoms with Crippen LogP contribution in [0, 0.1) is 5.92 Å². The van der Waals surface area contributed by atoms with Crippen LogP contribution in [0.25, 0.3) is 0 Å². The molecule has 0 atom stereocenters. The molecule has 0 spiro atoms. The van der Waals surface area contributed by atoms with Gasteiger partial charge in [-0.25, -0.2) is 18.4 Å². The second kappa shape index (κ2) is 6.74. The van der Waals surface area contributed by atoms with Gasteiger partial charge < -0.3 is 9.47 Å². The highest BCUT2D eigenvalue weighted by molar-refractivity contribution is 7.89. The molecule has 1 heterocycles. The number of benzene rings is 1. The van der Waals surface area contributed by atoms with Crippen LogP contribution in [0.4, 0.5) is 0 Å². The summed E-state index contributed by atoms with van der Waals surface area (Å²) in [5.74, 6) is -0.353. The van der Waals surface area contributed by atoms with Crippen LogP contribution in [0.3, 0.4) is 0 Å². The quantitative estimate of drug-likeness (QED) is 0.844. The summed E-state index contributed by atoms with van der Waals surface area (Å²) in [6.07, 6.45) is 1.68. The molecule has 21 heavy (non-hydrogen) atoms. The Kier molecular flexibility index (Phi) is 5.21. The highest BCUT2D eigenvalue weighted by Crippen LogP contribution is 2.20. The van der Waals surface area contributed by atoms with E-state index in [2.05, 4.69) is 0 Å². The number of carbonyl (C=O) groups excluding carboxylic acids is 1. The van der Waals surface area contributed by atoms with Gasteiger partial charge in [0, 0.05) is 18.2 Å². The number of halogens is 1. The van der Waals surface area contributed by atoms with E-state index in [0.717, 1.165) is 18.9 Å². The SMILES string of the molecule is NS(=O)(=O)c1cc(Cl)cc(C(=O)OCC2CCOCC2)c1. The summed E-state index contributed by atoms with van der Waals surface area (Å²) < 4.78 is 33.1. The fourth-order valence-corrected chi connectivity index (χ4v) is 2.92. The van der Waals surface area contributed by atoms with E-state index < -0.39 is 16.0 Å². The lowest BCUT2D eigenvalue weighted by atomic mass is 10.0. The molecule has 0 amide bonds. The van der Waals surface area contributed by atoms with Gasteiger partial charge in [0.1, 0.15) is 0 Å². The van der Waals surface area contributed by atoms with E-state index in [4.69, 9.17) is 26.2 Å². The number of rotatable bonds is 4. The van der Waals surface area contributed by atoms with Crippen LogP contribution in [0.2, 0.25) is 5.02 Å². The maximum Gasteiger partial charge on any atom is 0.338 e. The number of hydrogen-bond acceptors (Lipinski definition) is 5. The van der Waals surface area contributed by atoms with Gasteiger partial charge >= 0.3 is 5.97 Å². The third kappa shape index (κ3) is 4.67. The molecule has 2 N–H and O–H groups in total. The van der Waals surface area contributed by atoms with E-state index in [1.54, 1.807) is 0 Å². The number of ether oxygens (including phenoxy) is 2. The predicted molar refractivity (Wildman–Crippen MR) is 76.7 cm³/mol. The second-order valence-corrected chi connectivity index (χ2v) is 6.87. The van der Waals surface area contributed by atoms with Crippen LogP contribution in [0.1, 0.15) is 23.2 Å². The van der Waals surface area contributed by atoms with Crippen molar-refractivity contribution in [2.24, 2.45) is 11.1 Å². The molecule has 0 aliphatic carbocycles. The molecule has 1 aromatic rings. The highest BCUT2D eigenvalue weighted by atomic mass is 35.5. The summed E-state index contributed by atoms with van der Waals surface area (Å²) in [4.78, 5) is 11.8. The zero-order chi connectivity index (χ0) is 15.5. The van der Waals surface area contributed by atoms with Gasteiger partial charge in [0.25, 0.3) is 0 Å². The van der Waals surface area contributed by atoms with E-state index in [9.17, 15) is 13.2 Å². The van der Waals surface area contributed by atoms with Crippen LogP contribution in [0.5, 0.6) is 0 Å². The minimum atomic E-state index is -3.93. The van der Waals surface area contributed by atoms with Crippen molar-refractivity contribution in [1.82, 2.24) is 0 Å². The molecule has 0 unspecified atom stereocenters. The summed E-state index contributed by atoms with van der Waals surface area (Å²) in [6, 6.07) is 3.70. The largest absolute Gasteiger partial charge is 0.462 e.